The average molecular weight is 261 g/mol. The fraction of sp³-hybridized carbons (Fsp3) is 0.333. The zero-order chi connectivity index (χ0) is 14.0. The van der Waals surface area contributed by atoms with Crippen molar-refractivity contribution in [3.05, 3.63) is 30.1 Å². The number of rotatable bonds is 4. The van der Waals surface area contributed by atoms with Gasteiger partial charge in [0.1, 0.15) is 6.04 Å². The number of carboxylic acids is 1. The van der Waals surface area contributed by atoms with E-state index in [4.69, 9.17) is 5.11 Å². The number of carboxylic acid groups (broad SMARTS) is 1. The van der Waals surface area contributed by atoms with E-state index in [2.05, 4.69) is 15.3 Å². The van der Waals surface area contributed by atoms with Gasteiger partial charge in [-0.05, 0) is 32.0 Å². The molecule has 19 heavy (non-hydrogen) atoms. The molecule has 7 heteroatoms. The van der Waals surface area contributed by atoms with Crippen molar-refractivity contribution in [3.63, 3.8) is 0 Å². The second-order valence-corrected chi connectivity index (χ2v) is 4.28. The molecule has 0 saturated carbocycles. The fourth-order valence-electron chi connectivity index (χ4n) is 1.54. The quantitative estimate of drug-likeness (QED) is 0.879. The zero-order valence-corrected chi connectivity index (χ0v) is 11.0. The summed E-state index contributed by atoms with van der Waals surface area (Å²) in [4.78, 5) is 12.5. The molecule has 1 atom stereocenters. The van der Waals surface area contributed by atoms with Crippen LogP contribution in [0.2, 0.25) is 0 Å². The third-order valence-electron chi connectivity index (χ3n) is 2.89. The van der Waals surface area contributed by atoms with Gasteiger partial charge in [0.25, 0.3) is 0 Å². The number of anilines is 1. The van der Waals surface area contributed by atoms with Crippen LogP contribution in [-0.4, -0.2) is 44.1 Å². The van der Waals surface area contributed by atoms with E-state index in [0.29, 0.717) is 11.6 Å². The molecule has 0 aliphatic heterocycles. The lowest BCUT2D eigenvalue weighted by Gasteiger charge is -2.21. The van der Waals surface area contributed by atoms with Gasteiger partial charge in [-0.1, -0.05) is 0 Å². The van der Waals surface area contributed by atoms with E-state index in [0.717, 1.165) is 5.69 Å². The molecule has 2 heterocycles. The number of hydrogen-bond donors (Lipinski definition) is 1. The van der Waals surface area contributed by atoms with Crippen LogP contribution in [0.4, 0.5) is 5.82 Å². The lowest BCUT2D eigenvalue weighted by molar-refractivity contribution is -0.138. The van der Waals surface area contributed by atoms with Gasteiger partial charge < -0.3 is 10.0 Å². The summed E-state index contributed by atoms with van der Waals surface area (Å²) in [6.07, 6.45) is 1.79. The van der Waals surface area contributed by atoms with E-state index in [9.17, 15) is 4.79 Å². The van der Waals surface area contributed by atoms with Crippen molar-refractivity contribution < 1.29 is 9.90 Å². The van der Waals surface area contributed by atoms with Crippen molar-refractivity contribution in [2.24, 2.45) is 0 Å². The Bertz CT molecular complexity index is 578. The SMILES string of the molecule is Cc1ccn(-c2ccc(N(C)C(C)C(=O)O)nn2)n1. The Morgan fingerprint density at radius 2 is 2.11 bits per heavy atom. The molecule has 0 spiro atoms. The molecule has 0 bridgehead atoms. The average Bonchev–Trinajstić information content (AvgIpc) is 2.84. The molecule has 1 unspecified atom stereocenters. The summed E-state index contributed by atoms with van der Waals surface area (Å²) in [5.74, 6) is 0.187. The first-order valence-electron chi connectivity index (χ1n) is 5.81. The first-order valence-corrected chi connectivity index (χ1v) is 5.81. The Kier molecular flexibility index (Phi) is 3.46. The van der Waals surface area contributed by atoms with Crippen LogP contribution in [0, 0.1) is 6.92 Å². The summed E-state index contributed by atoms with van der Waals surface area (Å²) in [5, 5.41) is 21.2. The van der Waals surface area contributed by atoms with Crippen molar-refractivity contribution in [1.29, 1.82) is 0 Å². The number of carbonyl (C=O) groups is 1. The minimum atomic E-state index is -0.906. The molecule has 0 radical (unpaired) electrons. The Morgan fingerprint density at radius 1 is 1.37 bits per heavy atom. The van der Waals surface area contributed by atoms with Crippen molar-refractivity contribution in [1.82, 2.24) is 20.0 Å². The van der Waals surface area contributed by atoms with Gasteiger partial charge in [-0.3, -0.25) is 0 Å². The van der Waals surface area contributed by atoms with Crippen molar-refractivity contribution in [2.45, 2.75) is 19.9 Å². The zero-order valence-electron chi connectivity index (χ0n) is 11.0. The normalized spacial score (nSPS) is 12.2. The molecule has 2 aromatic heterocycles. The van der Waals surface area contributed by atoms with Crippen molar-refractivity contribution >= 4 is 11.8 Å². The molecular weight excluding hydrogens is 246 g/mol. The first-order chi connectivity index (χ1) is 8.99. The number of aromatic nitrogens is 4. The highest BCUT2D eigenvalue weighted by atomic mass is 16.4. The molecule has 100 valence electrons. The predicted molar refractivity (Wildman–Crippen MR) is 69.4 cm³/mol. The highest BCUT2D eigenvalue weighted by molar-refractivity contribution is 5.76. The van der Waals surface area contributed by atoms with Crippen LogP contribution in [0.25, 0.3) is 5.82 Å². The second-order valence-electron chi connectivity index (χ2n) is 4.28. The van der Waals surface area contributed by atoms with Gasteiger partial charge in [-0.15, -0.1) is 10.2 Å². The highest BCUT2D eigenvalue weighted by Gasteiger charge is 2.18. The first kappa shape index (κ1) is 13.0. The maximum absolute atomic E-state index is 10.9. The van der Waals surface area contributed by atoms with E-state index in [1.54, 1.807) is 41.9 Å². The number of aliphatic carboxylic acids is 1. The summed E-state index contributed by atoms with van der Waals surface area (Å²) in [7, 11) is 1.67. The van der Waals surface area contributed by atoms with Crippen LogP contribution < -0.4 is 4.90 Å². The molecule has 0 aliphatic rings. The van der Waals surface area contributed by atoms with Crippen LogP contribution in [-0.2, 0) is 4.79 Å². The summed E-state index contributed by atoms with van der Waals surface area (Å²) < 4.78 is 1.62. The van der Waals surface area contributed by atoms with Crippen LogP contribution >= 0.6 is 0 Å². The minimum Gasteiger partial charge on any atom is -0.480 e. The lowest BCUT2D eigenvalue weighted by atomic mass is 10.3. The van der Waals surface area contributed by atoms with Crippen LogP contribution in [0.15, 0.2) is 24.4 Å². The lowest BCUT2D eigenvalue weighted by Crippen LogP contribution is -2.36. The summed E-state index contributed by atoms with van der Waals surface area (Å²) in [6, 6.07) is 4.68. The number of hydrogen-bond acceptors (Lipinski definition) is 5. The largest absolute Gasteiger partial charge is 0.480 e. The van der Waals surface area contributed by atoms with Gasteiger partial charge in [0.15, 0.2) is 11.6 Å². The standard InChI is InChI=1S/C12H15N5O2/c1-8-6-7-17(15-8)11-5-4-10(13-14-11)16(3)9(2)12(18)19/h4-7,9H,1-3H3,(H,18,19). The summed E-state index contributed by atoms with van der Waals surface area (Å²) in [6.45, 7) is 3.48. The molecule has 2 rings (SSSR count). The second kappa shape index (κ2) is 5.05. The van der Waals surface area contributed by atoms with E-state index >= 15 is 0 Å². The molecule has 7 nitrogen and oxygen atoms in total. The van der Waals surface area contributed by atoms with Gasteiger partial charge in [0.2, 0.25) is 0 Å². The summed E-state index contributed by atoms with van der Waals surface area (Å²) in [5.41, 5.74) is 0.891. The summed E-state index contributed by atoms with van der Waals surface area (Å²) >= 11 is 0. The Hall–Kier alpha value is -2.44. The van der Waals surface area contributed by atoms with Crippen LogP contribution in [0.3, 0.4) is 0 Å². The van der Waals surface area contributed by atoms with Crippen LogP contribution in [0.1, 0.15) is 12.6 Å². The van der Waals surface area contributed by atoms with E-state index in [1.807, 2.05) is 13.0 Å². The predicted octanol–water partition coefficient (Wildman–Crippen LogP) is 0.880. The maximum Gasteiger partial charge on any atom is 0.326 e. The van der Waals surface area contributed by atoms with Crippen LogP contribution in [0.5, 0.6) is 0 Å². The topological polar surface area (TPSA) is 84.1 Å². The smallest absolute Gasteiger partial charge is 0.326 e. The Labute approximate surface area is 110 Å². The van der Waals surface area contributed by atoms with E-state index < -0.39 is 12.0 Å². The van der Waals surface area contributed by atoms with Gasteiger partial charge in [0, 0.05) is 13.2 Å². The van der Waals surface area contributed by atoms with Gasteiger partial charge in [0.05, 0.1) is 5.69 Å². The number of nitrogens with zero attached hydrogens (tertiary/aromatic N) is 5. The van der Waals surface area contributed by atoms with Crippen molar-refractivity contribution in [2.75, 3.05) is 11.9 Å². The third-order valence-corrected chi connectivity index (χ3v) is 2.89. The molecule has 0 aromatic carbocycles. The Balaban J connectivity index is 2.21. The molecule has 0 amide bonds. The minimum absolute atomic E-state index is 0.502. The van der Waals surface area contributed by atoms with Crippen molar-refractivity contribution in [3.8, 4) is 5.82 Å². The van der Waals surface area contributed by atoms with E-state index in [1.165, 1.54) is 0 Å². The third kappa shape index (κ3) is 2.70. The molecule has 2 aromatic rings. The molecule has 0 aliphatic carbocycles. The fourth-order valence-corrected chi connectivity index (χ4v) is 1.54. The molecule has 1 N–H and O–H groups in total. The maximum atomic E-state index is 10.9. The number of aryl methyl sites for hydroxylation is 1. The molecular formula is C12H15N5O2. The molecule has 0 saturated heterocycles. The van der Waals surface area contributed by atoms with Gasteiger partial charge in [-0.2, -0.15) is 5.10 Å². The monoisotopic (exact) mass is 261 g/mol. The number of likely N-dealkylation sites (N-methyl/N-ethyl adjacent to an activating group) is 1. The van der Waals surface area contributed by atoms with Gasteiger partial charge in [-0.25, -0.2) is 9.48 Å². The van der Waals surface area contributed by atoms with E-state index in [-0.39, 0.29) is 0 Å². The molecule has 0 fully saturated rings. The highest BCUT2D eigenvalue weighted by Crippen LogP contribution is 2.12. The van der Waals surface area contributed by atoms with Gasteiger partial charge >= 0.3 is 5.97 Å². The Morgan fingerprint density at radius 3 is 2.58 bits per heavy atom.